The van der Waals surface area contributed by atoms with E-state index in [0.717, 1.165) is 0 Å². The zero-order valence-electron chi connectivity index (χ0n) is 4.20. The lowest BCUT2D eigenvalue weighted by molar-refractivity contribution is 0.0471. The zero-order valence-corrected chi connectivity index (χ0v) is 5.10. The first-order chi connectivity index (χ1) is 3.18. The highest BCUT2D eigenvalue weighted by Crippen LogP contribution is 1.92. The number of aliphatic hydroxyl groups excluding tert-OH is 2. The minimum absolute atomic E-state index is 0.317. The van der Waals surface area contributed by atoms with E-state index in [-0.39, 0.29) is 0 Å². The Morgan fingerprint density at radius 3 is 2.00 bits per heavy atom. The van der Waals surface area contributed by atoms with Gasteiger partial charge in [0, 0.05) is 5.75 Å². The molecule has 0 heterocycles. The average Bonchev–Trinajstić information content (AvgIpc) is 1.65. The standard InChI is InChI=1S/C4H10O2S/c1-3(5)4(6)2-7/h3-7H,2H2,1H3. The van der Waals surface area contributed by atoms with Gasteiger partial charge in [-0.25, -0.2) is 0 Å². The number of hydrogen-bond donors (Lipinski definition) is 3. The van der Waals surface area contributed by atoms with E-state index in [2.05, 4.69) is 12.6 Å². The van der Waals surface area contributed by atoms with Crippen molar-refractivity contribution < 1.29 is 10.2 Å². The van der Waals surface area contributed by atoms with Crippen molar-refractivity contribution in [2.75, 3.05) is 5.75 Å². The van der Waals surface area contributed by atoms with Gasteiger partial charge in [0.05, 0.1) is 12.2 Å². The molecule has 2 atom stereocenters. The van der Waals surface area contributed by atoms with Crippen LogP contribution in [0.1, 0.15) is 6.92 Å². The fraction of sp³-hybridized carbons (Fsp3) is 1.00. The summed E-state index contributed by atoms with van der Waals surface area (Å²) in [5.41, 5.74) is 0. The van der Waals surface area contributed by atoms with Crippen LogP contribution >= 0.6 is 12.6 Å². The van der Waals surface area contributed by atoms with Crippen molar-refractivity contribution in [1.29, 1.82) is 0 Å². The van der Waals surface area contributed by atoms with Gasteiger partial charge in [-0.3, -0.25) is 0 Å². The summed E-state index contributed by atoms with van der Waals surface area (Å²) in [6.07, 6.45) is -1.33. The molecule has 7 heavy (non-hydrogen) atoms. The summed E-state index contributed by atoms with van der Waals surface area (Å²) in [6.45, 7) is 1.53. The molecule has 0 aromatic carbocycles. The maximum atomic E-state index is 8.61. The van der Waals surface area contributed by atoms with Crippen LogP contribution in [0.5, 0.6) is 0 Å². The Bertz CT molecular complexity index is 47.0. The third kappa shape index (κ3) is 2.91. The van der Waals surface area contributed by atoms with Crippen molar-refractivity contribution in [2.45, 2.75) is 19.1 Å². The molecule has 0 aromatic rings. The van der Waals surface area contributed by atoms with Crippen LogP contribution in [0.4, 0.5) is 0 Å². The third-order valence-corrected chi connectivity index (χ3v) is 1.12. The second-order valence-electron chi connectivity index (χ2n) is 1.49. The summed E-state index contributed by atoms with van der Waals surface area (Å²) >= 11 is 3.74. The summed E-state index contributed by atoms with van der Waals surface area (Å²) < 4.78 is 0. The molecule has 2 unspecified atom stereocenters. The molecule has 3 heteroatoms. The molecule has 0 saturated heterocycles. The van der Waals surface area contributed by atoms with Gasteiger partial charge in [-0.2, -0.15) is 12.6 Å². The smallest absolute Gasteiger partial charge is 0.0883 e. The molecule has 0 amide bonds. The maximum Gasteiger partial charge on any atom is 0.0883 e. The van der Waals surface area contributed by atoms with E-state index < -0.39 is 12.2 Å². The highest BCUT2D eigenvalue weighted by molar-refractivity contribution is 7.80. The molecule has 0 spiro atoms. The highest BCUT2D eigenvalue weighted by Gasteiger charge is 2.05. The van der Waals surface area contributed by atoms with Gasteiger partial charge in [0.1, 0.15) is 0 Å². The summed E-state index contributed by atoms with van der Waals surface area (Å²) in [5.74, 6) is 0.317. The maximum absolute atomic E-state index is 8.61. The van der Waals surface area contributed by atoms with Crippen LogP contribution in [0.15, 0.2) is 0 Å². The van der Waals surface area contributed by atoms with Crippen LogP contribution in [0.2, 0.25) is 0 Å². The van der Waals surface area contributed by atoms with Gasteiger partial charge in [0.15, 0.2) is 0 Å². The second kappa shape index (κ2) is 3.29. The topological polar surface area (TPSA) is 40.5 Å². The van der Waals surface area contributed by atoms with Crippen LogP contribution in [0.25, 0.3) is 0 Å². The monoisotopic (exact) mass is 122 g/mol. The zero-order chi connectivity index (χ0) is 5.86. The number of aliphatic hydroxyl groups is 2. The first-order valence-corrected chi connectivity index (χ1v) is 2.78. The van der Waals surface area contributed by atoms with E-state index in [1.807, 2.05) is 0 Å². The molecule has 44 valence electrons. The van der Waals surface area contributed by atoms with E-state index in [1.165, 1.54) is 6.92 Å². The lowest BCUT2D eigenvalue weighted by Gasteiger charge is -2.08. The number of rotatable bonds is 2. The lowest BCUT2D eigenvalue weighted by atomic mass is 10.3. The Morgan fingerprint density at radius 2 is 2.00 bits per heavy atom. The Morgan fingerprint density at radius 1 is 1.57 bits per heavy atom. The third-order valence-electron chi connectivity index (χ3n) is 0.744. The van der Waals surface area contributed by atoms with Crippen molar-refractivity contribution in [3.8, 4) is 0 Å². The highest BCUT2D eigenvalue weighted by atomic mass is 32.1. The largest absolute Gasteiger partial charge is 0.391 e. The molecule has 0 fully saturated rings. The van der Waals surface area contributed by atoms with Crippen LogP contribution in [0, 0.1) is 0 Å². The molecule has 0 saturated carbocycles. The molecule has 0 aliphatic rings. The van der Waals surface area contributed by atoms with Gasteiger partial charge in [-0.1, -0.05) is 0 Å². The molecular formula is C4H10O2S. The molecule has 0 rings (SSSR count). The lowest BCUT2D eigenvalue weighted by Crippen LogP contribution is -2.23. The summed E-state index contributed by atoms with van der Waals surface area (Å²) in [5, 5.41) is 17.1. The van der Waals surface area contributed by atoms with Crippen molar-refractivity contribution >= 4 is 12.6 Å². The molecule has 0 bridgehead atoms. The van der Waals surface area contributed by atoms with E-state index in [9.17, 15) is 0 Å². The first-order valence-electron chi connectivity index (χ1n) is 2.15. The van der Waals surface area contributed by atoms with Crippen molar-refractivity contribution in [3.63, 3.8) is 0 Å². The predicted molar refractivity (Wildman–Crippen MR) is 31.5 cm³/mol. The predicted octanol–water partition coefficient (Wildman–Crippen LogP) is -0.342. The van der Waals surface area contributed by atoms with Gasteiger partial charge >= 0.3 is 0 Å². The normalized spacial score (nSPS) is 18.9. The van der Waals surface area contributed by atoms with Crippen LogP contribution in [-0.2, 0) is 0 Å². The van der Waals surface area contributed by atoms with E-state index in [1.54, 1.807) is 0 Å². The average molecular weight is 122 g/mol. The Balaban J connectivity index is 3.14. The molecule has 2 nitrogen and oxygen atoms in total. The second-order valence-corrected chi connectivity index (χ2v) is 1.86. The molecule has 0 aliphatic heterocycles. The van der Waals surface area contributed by atoms with E-state index in [0.29, 0.717) is 5.75 Å². The van der Waals surface area contributed by atoms with Crippen LogP contribution < -0.4 is 0 Å². The van der Waals surface area contributed by atoms with Gasteiger partial charge in [0.2, 0.25) is 0 Å². The first kappa shape index (κ1) is 7.27. The Kier molecular flexibility index (Phi) is 3.42. The van der Waals surface area contributed by atoms with Gasteiger partial charge in [0.25, 0.3) is 0 Å². The van der Waals surface area contributed by atoms with Crippen molar-refractivity contribution in [3.05, 3.63) is 0 Å². The molecule has 0 aliphatic carbocycles. The molecule has 0 aromatic heterocycles. The van der Waals surface area contributed by atoms with Crippen molar-refractivity contribution in [1.82, 2.24) is 0 Å². The Labute approximate surface area is 48.6 Å². The molecule has 2 N–H and O–H groups in total. The van der Waals surface area contributed by atoms with Crippen LogP contribution in [-0.4, -0.2) is 28.2 Å². The summed E-state index contributed by atoms with van der Waals surface area (Å²) in [4.78, 5) is 0. The molecule has 0 radical (unpaired) electrons. The van der Waals surface area contributed by atoms with E-state index >= 15 is 0 Å². The van der Waals surface area contributed by atoms with Crippen molar-refractivity contribution in [2.24, 2.45) is 0 Å². The fourth-order valence-corrected chi connectivity index (χ4v) is 0.458. The SMILES string of the molecule is CC(O)C(O)CS. The Hall–Kier alpha value is 0.270. The number of hydrogen-bond acceptors (Lipinski definition) is 3. The van der Waals surface area contributed by atoms with Crippen LogP contribution in [0.3, 0.4) is 0 Å². The summed E-state index contributed by atoms with van der Waals surface area (Å²) in [6, 6.07) is 0. The summed E-state index contributed by atoms with van der Waals surface area (Å²) in [7, 11) is 0. The van der Waals surface area contributed by atoms with E-state index in [4.69, 9.17) is 10.2 Å². The number of thiol groups is 1. The minimum atomic E-state index is -0.677. The molecular weight excluding hydrogens is 112 g/mol. The minimum Gasteiger partial charge on any atom is -0.391 e. The van der Waals surface area contributed by atoms with Gasteiger partial charge in [-0.15, -0.1) is 0 Å². The fourth-order valence-electron chi connectivity index (χ4n) is 0.153. The quantitative estimate of drug-likeness (QED) is 0.438. The van der Waals surface area contributed by atoms with Gasteiger partial charge < -0.3 is 10.2 Å². The van der Waals surface area contributed by atoms with Gasteiger partial charge in [-0.05, 0) is 6.92 Å².